The van der Waals surface area contributed by atoms with Crippen molar-refractivity contribution < 1.29 is 4.79 Å². The predicted molar refractivity (Wildman–Crippen MR) is 56.1 cm³/mol. The predicted octanol–water partition coefficient (Wildman–Crippen LogP) is 2.43. The van der Waals surface area contributed by atoms with Crippen molar-refractivity contribution in [1.82, 2.24) is 0 Å². The van der Waals surface area contributed by atoms with Gasteiger partial charge in [-0.05, 0) is 17.8 Å². The summed E-state index contributed by atoms with van der Waals surface area (Å²) in [7, 11) is 0. The summed E-state index contributed by atoms with van der Waals surface area (Å²) < 4.78 is 0. The summed E-state index contributed by atoms with van der Waals surface area (Å²) in [6, 6.07) is 0. The number of rotatable bonds is 4. The molecule has 0 saturated heterocycles. The lowest BCUT2D eigenvalue weighted by Gasteiger charge is -2.42. The molecule has 0 aromatic rings. The molecule has 0 fully saturated rings. The number of amides is 1. The van der Waals surface area contributed by atoms with Crippen molar-refractivity contribution in [3.05, 3.63) is 0 Å². The van der Waals surface area contributed by atoms with Crippen molar-refractivity contribution >= 4 is 5.91 Å². The van der Waals surface area contributed by atoms with E-state index in [0.29, 0.717) is 17.8 Å². The lowest BCUT2D eigenvalue weighted by molar-refractivity contribution is -0.137. The molecule has 0 unspecified atom stereocenters. The monoisotopic (exact) mass is 185 g/mol. The third-order valence-corrected chi connectivity index (χ3v) is 3.29. The van der Waals surface area contributed by atoms with Gasteiger partial charge in [-0.1, -0.05) is 41.5 Å². The van der Waals surface area contributed by atoms with Gasteiger partial charge in [-0.2, -0.15) is 0 Å². The SMILES string of the molecule is CC(C)C(C(N)=O)(C(C)C)C(C)C. The molecule has 0 bridgehead atoms. The van der Waals surface area contributed by atoms with Gasteiger partial charge in [0.25, 0.3) is 0 Å². The first kappa shape index (κ1) is 12.5. The van der Waals surface area contributed by atoms with E-state index in [-0.39, 0.29) is 11.3 Å². The van der Waals surface area contributed by atoms with Crippen LogP contribution in [0.25, 0.3) is 0 Å². The second kappa shape index (κ2) is 4.12. The Labute approximate surface area is 81.9 Å². The minimum Gasteiger partial charge on any atom is -0.369 e. The fourth-order valence-corrected chi connectivity index (χ4v) is 2.85. The molecule has 0 spiro atoms. The minimum absolute atomic E-state index is 0.160. The van der Waals surface area contributed by atoms with Crippen LogP contribution >= 0.6 is 0 Å². The van der Waals surface area contributed by atoms with E-state index >= 15 is 0 Å². The molecule has 0 aliphatic carbocycles. The topological polar surface area (TPSA) is 43.1 Å². The summed E-state index contributed by atoms with van der Waals surface area (Å²) in [5.41, 5.74) is 5.17. The van der Waals surface area contributed by atoms with E-state index in [1.54, 1.807) is 0 Å². The second-order valence-electron chi connectivity index (χ2n) is 4.76. The zero-order valence-electron chi connectivity index (χ0n) is 9.72. The van der Waals surface area contributed by atoms with Gasteiger partial charge in [0.15, 0.2) is 0 Å². The van der Waals surface area contributed by atoms with Crippen LogP contribution in [-0.4, -0.2) is 5.91 Å². The van der Waals surface area contributed by atoms with Gasteiger partial charge in [0.05, 0.1) is 5.41 Å². The Hall–Kier alpha value is -0.530. The molecule has 0 atom stereocenters. The number of hydrogen-bond acceptors (Lipinski definition) is 1. The fourth-order valence-electron chi connectivity index (χ4n) is 2.85. The summed E-state index contributed by atoms with van der Waals surface area (Å²) in [6.07, 6.45) is 0. The van der Waals surface area contributed by atoms with Crippen LogP contribution in [0, 0.1) is 23.2 Å². The molecular weight excluding hydrogens is 162 g/mol. The molecule has 0 aliphatic rings. The smallest absolute Gasteiger partial charge is 0.224 e. The molecule has 13 heavy (non-hydrogen) atoms. The number of primary amides is 1. The molecule has 0 saturated carbocycles. The molecule has 0 aromatic carbocycles. The molecule has 78 valence electrons. The van der Waals surface area contributed by atoms with Crippen LogP contribution in [0.1, 0.15) is 41.5 Å². The van der Waals surface area contributed by atoms with Crippen molar-refractivity contribution in [2.24, 2.45) is 28.9 Å². The molecule has 2 nitrogen and oxygen atoms in total. The maximum atomic E-state index is 11.6. The van der Waals surface area contributed by atoms with Gasteiger partial charge in [-0.25, -0.2) is 0 Å². The van der Waals surface area contributed by atoms with Crippen molar-refractivity contribution in [3.63, 3.8) is 0 Å². The average Bonchev–Trinajstić information content (AvgIpc) is 1.82. The first-order chi connectivity index (χ1) is 5.77. The standard InChI is InChI=1S/C11H23NO/c1-7(2)11(8(3)4,9(5)6)10(12)13/h7-9H,1-6H3,(H2,12,13). The van der Waals surface area contributed by atoms with Crippen LogP contribution in [0.2, 0.25) is 0 Å². The number of carbonyl (C=O) groups excluding carboxylic acids is 1. The average molecular weight is 185 g/mol. The maximum Gasteiger partial charge on any atom is 0.224 e. The summed E-state index contributed by atoms with van der Waals surface area (Å²) in [4.78, 5) is 11.6. The van der Waals surface area contributed by atoms with Crippen molar-refractivity contribution in [2.75, 3.05) is 0 Å². The zero-order valence-corrected chi connectivity index (χ0v) is 9.72. The third-order valence-electron chi connectivity index (χ3n) is 3.29. The summed E-state index contributed by atoms with van der Waals surface area (Å²) >= 11 is 0. The minimum atomic E-state index is -0.361. The van der Waals surface area contributed by atoms with E-state index in [9.17, 15) is 4.79 Å². The summed E-state index contributed by atoms with van der Waals surface area (Å²) in [6.45, 7) is 12.4. The van der Waals surface area contributed by atoms with Gasteiger partial charge in [0.1, 0.15) is 0 Å². The molecule has 2 heteroatoms. The quantitative estimate of drug-likeness (QED) is 0.718. The van der Waals surface area contributed by atoms with Gasteiger partial charge in [-0.3, -0.25) is 4.79 Å². The highest BCUT2D eigenvalue weighted by Crippen LogP contribution is 2.42. The van der Waals surface area contributed by atoms with Crippen LogP contribution in [0.4, 0.5) is 0 Å². The molecule has 0 rings (SSSR count). The third kappa shape index (κ3) is 1.87. The van der Waals surface area contributed by atoms with Crippen LogP contribution in [-0.2, 0) is 4.79 Å². The second-order valence-corrected chi connectivity index (χ2v) is 4.76. The Bertz CT molecular complexity index is 161. The molecule has 0 aromatic heterocycles. The lowest BCUT2D eigenvalue weighted by Crippen LogP contribution is -2.49. The van der Waals surface area contributed by atoms with E-state index in [2.05, 4.69) is 41.5 Å². The van der Waals surface area contributed by atoms with E-state index in [4.69, 9.17) is 5.73 Å². The van der Waals surface area contributed by atoms with Gasteiger partial charge < -0.3 is 5.73 Å². The molecular formula is C11H23NO. The highest BCUT2D eigenvalue weighted by molar-refractivity contribution is 5.81. The molecule has 0 aliphatic heterocycles. The van der Waals surface area contributed by atoms with E-state index < -0.39 is 0 Å². The van der Waals surface area contributed by atoms with Gasteiger partial charge in [0.2, 0.25) is 5.91 Å². The first-order valence-electron chi connectivity index (χ1n) is 5.07. The molecule has 0 heterocycles. The van der Waals surface area contributed by atoms with Crippen LogP contribution in [0.15, 0.2) is 0 Å². The van der Waals surface area contributed by atoms with E-state index in [1.807, 2.05) is 0 Å². The lowest BCUT2D eigenvalue weighted by atomic mass is 9.62. The van der Waals surface area contributed by atoms with E-state index in [0.717, 1.165) is 0 Å². The first-order valence-corrected chi connectivity index (χ1v) is 5.07. The van der Waals surface area contributed by atoms with Crippen LogP contribution in [0.5, 0.6) is 0 Å². The normalized spacial score (nSPS) is 13.0. The summed E-state index contributed by atoms with van der Waals surface area (Å²) in [5, 5.41) is 0. The Kier molecular flexibility index (Phi) is 3.95. The highest BCUT2D eigenvalue weighted by atomic mass is 16.1. The summed E-state index contributed by atoms with van der Waals surface area (Å²) in [5.74, 6) is 0.729. The van der Waals surface area contributed by atoms with Crippen molar-refractivity contribution in [1.29, 1.82) is 0 Å². The highest BCUT2D eigenvalue weighted by Gasteiger charge is 2.45. The Morgan fingerprint density at radius 2 is 1.15 bits per heavy atom. The Balaban J connectivity index is 5.19. The molecule has 0 radical (unpaired) electrons. The zero-order chi connectivity index (χ0) is 10.8. The number of nitrogens with two attached hydrogens (primary N) is 1. The Morgan fingerprint density at radius 3 is 1.15 bits per heavy atom. The van der Waals surface area contributed by atoms with Crippen LogP contribution in [0.3, 0.4) is 0 Å². The van der Waals surface area contributed by atoms with Gasteiger partial charge in [0, 0.05) is 0 Å². The van der Waals surface area contributed by atoms with Crippen molar-refractivity contribution in [2.45, 2.75) is 41.5 Å². The molecule has 1 amide bonds. The Morgan fingerprint density at radius 1 is 0.923 bits per heavy atom. The van der Waals surface area contributed by atoms with Gasteiger partial charge >= 0.3 is 0 Å². The van der Waals surface area contributed by atoms with E-state index in [1.165, 1.54) is 0 Å². The maximum absolute atomic E-state index is 11.6. The largest absolute Gasteiger partial charge is 0.369 e. The molecule has 2 N–H and O–H groups in total. The fraction of sp³-hybridized carbons (Fsp3) is 0.909. The van der Waals surface area contributed by atoms with Gasteiger partial charge in [-0.15, -0.1) is 0 Å². The number of hydrogen-bond donors (Lipinski definition) is 1. The number of carbonyl (C=O) groups is 1. The van der Waals surface area contributed by atoms with Crippen molar-refractivity contribution in [3.8, 4) is 0 Å². The van der Waals surface area contributed by atoms with Crippen LogP contribution < -0.4 is 5.73 Å².